The summed E-state index contributed by atoms with van der Waals surface area (Å²) in [6.07, 6.45) is -5.90. The average Bonchev–Trinajstić information content (AvgIpc) is 2.87. The van der Waals surface area contributed by atoms with Crippen LogP contribution in [-0.4, -0.2) is 35.5 Å². The summed E-state index contributed by atoms with van der Waals surface area (Å²) in [5.41, 5.74) is 1.88. The first kappa shape index (κ1) is 28.7. The minimum atomic E-state index is -4.55. The lowest BCUT2D eigenvalue weighted by Gasteiger charge is -2.28. The molecule has 0 bridgehead atoms. The molecule has 0 aromatic heterocycles. The Balaban J connectivity index is 1.94. The predicted octanol–water partition coefficient (Wildman–Crippen LogP) is 6.45. The topological polar surface area (TPSA) is 59.0 Å². The molecule has 37 heavy (non-hydrogen) atoms. The Morgan fingerprint density at radius 3 is 2.38 bits per heavy atom. The highest BCUT2D eigenvalue weighted by Gasteiger charge is 2.31. The predicted molar refractivity (Wildman–Crippen MR) is 136 cm³/mol. The minimum Gasteiger partial charge on any atom is -0.466 e. The van der Waals surface area contributed by atoms with Crippen LogP contribution in [0.4, 0.5) is 13.2 Å². The maximum Gasteiger partial charge on any atom is 0.416 e. The summed E-state index contributed by atoms with van der Waals surface area (Å²) in [4.78, 5) is 13.5. The molecule has 198 valence electrons. The minimum absolute atomic E-state index is 0.00109. The summed E-state index contributed by atoms with van der Waals surface area (Å²) in [5, 5.41) is 11.0. The largest absolute Gasteiger partial charge is 0.466 e. The van der Waals surface area contributed by atoms with E-state index in [4.69, 9.17) is 21.1 Å². The van der Waals surface area contributed by atoms with Gasteiger partial charge in [-0.2, -0.15) is 13.2 Å². The highest BCUT2D eigenvalue weighted by atomic mass is 35.5. The van der Waals surface area contributed by atoms with Crippen molar-refractivity contribution in [3.05, 3.63) is 94.0 Å². The lowest BCUT2D eigenvalue weighted by Crippen LogP contribution is -2.36. The van der Waals surface area contributed by atoms with E-state index in [-0.39, 0.29) is 26.2 Å². The van der Waals surface area contributed by atoms with Crippen LogP contribution in [0.15, 0.2) is 66.7 Å². The van der Waals surface area contributed by atoms with E-state index < -0.39 is 24.1 Å². The number of halogens is 4. The molecule has 0 aliphatic rings. The van der Waals surface area contributed by atoms with Crippen molar-refractivity contribution >= 4 is 17.6 Å². The molecule has 3 aromatic carbocycles. The number of benzene rings is 3. The normalized spacial score (nSPS) is 12.5. The van der Waals surface area contributed by atoms with Gasteiger partial charge >= 0.3 is 12.1 Å². The molecule has 9 heteroatoms. The Kier molecular flexibility index (Phi) is 10.1. The van der Waals surface area contributed by atoms with E-state index in [0.717, 1.165) is 17.7 Å². The van der Waals surface area contributed by atoms with Gasteiger partial charge in [-0.15, -0.1) is 0 Å². The molecule has 0 aliphatic heterocycles. The first-order valence-corrected chi connectivity index (χ1v) is 12.2. The second kappa shape index (κ2) is 13.1. The van der Waals surface area contributed by atoms with E-state index in [2.05, 4.69) is 0 Å². The number of nitrogens with zero attached hydrogens (tertiary/aromatic N) is 1. The van der Waals surface area contributed by atoms with E-state index in [1.54, 1.807) is 32.0 Å². The molecule has 0 fully saturated rings. The monoisotopic (exact) mass is 535 g/mol. The number of carbonyl (C=O) groups is 1. The first-order chi connectivity index (χ1) is 17.6. The van der Waals surface area contributed by atoms with E-state index in [1.165, 1.54) is 11.0 Å². The quantitative estimate of drug-likeness (QED) is 0.226. The third-order valence-electron chi connectivity index (χ3n) is 5.74. The van der Waals surface area contributed by atoms with Crippen LogP contribution in [-0.2, 0) is 40.0 Å². The van der Waals surface area contributed by atoms with Crippen LogP contribution in [0.1, 0.15) is 36.1 Å². The highest BCUT2D eigenvalue weighted by molar-refractivity contribution is 6.33. The molecular formula is C28H29ClF3NO4. The van der Waals surface area contributed by atoms with Gasteiger partial charge in [0.15, 0.2) is 0 Å². The van der Waals surface area contributed by atoms with Crippen molar-refractivity contribution in [2.75, 3.05) is 13.2 Å². The second-order valence-corrected chi connectivity index (χ2v) is 8.76. The number of ether oxygens (including phenoxy) is 2. The molecule has 5 nitrogen and oxygen atoms in total. The van der Waals surface area contributed by atoms with Crippen LogP contribution in [0.3, 0.4) is 0 Å². The van der Waals surface area contributed by atoms with Crippen LogP contribution < -0.4 is 0 Å². The van der Waals surface area contributed by atoms with Gasteiger partial charge in [0.2, 0.25) is 6.41 Å². The Morgan fingerprint density at radius 1 is 1.00 bits per heavy atom. The number of hydrogen-bond acceptors (Lipinski definition) is 5. The second-order valence-electron chi connectivity index (χ2n) is 8.35. The standard InChI is InChI=1S/C28H29ClF3NO4/c1-3-33(27(35)37-18-19-8-6-5-7-9-19)17-21-16-22(28(30,31)32)11-12-23(21)24-14-20(10-13-25(24)29)15-26(34)36-4-2/h5-14,16,27,35H,3-4,15,17-18H2,1-2H3. The number of carbonyl (C=O) groups excluding carboxylic acids is 1. The summed E-state index contributed by atoms with van der Waals surface area (Å²) in [6.45, 7) is 4.12. The molecule has 0 heterocycles. The van der Waals surface area contributed by atoms with Gasteiger partial charge in [0, 0.05) is 23.7 Å². The maximum atomic E-state index is 13.6. The molecule has 1 atom stereocenters. The number of esters is 1. The zero-order valence-electron chi connectivity index (χ0n) is 20.6. The van der Waals surface area contributed by atoms with Crippen molar-refractivity contribution in [2.24, 2.45) is 0 Å². The van der Waals surface area contributed by atoms with Gasteiger partial charge in [0.1, 0.15) is 0 Å². The van der Waals surface area contributed by atoms with Gasteiger partial charge in [0.25, 0.3) is 0 Å². The fourth-order valence-corrected chi connectivity index (χ4v) is 4.07. The molecular weight excluding hydrogens is 507 g/mol. The average molecular weight is 536 g/mol. The van der Waals surface area contributed by atoms with Gasteiger partial charge in [-0.1, -0.05) is 61.0 Å². The van der Waals surface area contributed by atoms with Gasteiger partial charge in [-0.05, 0) is 53.4 Å². The van der Waals surface area contributed by atoms with Crippen LogP contribution in [0, 0.1) is 0 Å². The summed E-state index contributed by atoms with van der Waals surface area (Å²) in [5.74, 6) is -0.417. The fraction of sp³-hybridized carbons (Fsp3) is 0.321. The van der Waals surface area contributed by atoms with Crippen molar-refractivity contribution in [1.29, 1.82) is 0 Å². The third-order valence-corrected chi connectivity index (χ3v) is 6.07. The SMILES string of the molecule is CCOC(=O)Cc1ccc(Cl)c(-c2ccc(C(F)(F)F)cc2CN(CC)C(O)OCc2ccccc2)c1. The number of aliphatic hydroxyl groups is 1. The molecule has 3 aromatic rings. The Hall–Kier alpha value is -2.91. The van der Waals surface area contributed by atoms with Gasteiger partial charge in [-0.25, -0.2) is 0 Å². The zero-order valence-corrected chi connectivity index (χ0v) is 21.4. The summed E-state index contributed by atoms with van der Waals surface area (Å²) in [7, 11) is 0. The molecule has 0 radical (unpaired) electrons. The van der Waals surface area contributed by atoms with E-state index in [0.29, 0.717) is 33.8 Å². The van der Waals surface area contributed by atoms with Crippen molar-refractivity contribution < 1.29 is 32.5 Å². The van der Waals surface area contributed by atoms with E-state index >= 15 is 0 Å². The fourth-order valence-electron chi connectivity index (χ4n) is 3.85. The molecule has 0 spiro atoms. The first-order valence-electron chi connectivity index (χ1n) is 11.8. The zero-order chi connectivity index (χ0) is 27.0. The van der Waals surface area contributed by atoms with Crippen LogP contribution in [0.5, 0.6) is 0 Å². The molecule has 1 unspecified atom stereocenters. The number of hydrogen-bond donors (Lipinski definition) is 1. The summed E-state index contributed by atoms with van der Waals surface area (Å²) < 4.78 is 51.3. The van der Waals surface area contributed by atoms with Crippen LogP contribution in [0.2, 0.25) is 5.02 Å². The molecule has 0 saturated heterocycles. The maximum absolute atomic E-state index is 13.6. The lowest BCUT2D eigenvalue weighted by atomic mass is 9.95. The molecule has 0 amide bonds. The molecule has 1 N–H and O–H groups in total. The van der Waals surface area contributed by atoms with E-state index in [1.807, 2.05) is 30.3 Å². The van der Waals surface area contributed by atoms with Gasteiger partial charge in [-0.3, -0.25) is 9.69 Å². The summed E-state index contributed by atoms with van der Waals surface area (Å²) >= 11 is 6.45. The van der Waals surface area contributed by atoms with Crippen molar-refractivity contribution in [3.63, 3.8) is 0 Å². The van der Waals surface area contributed by atoms with E-state index in [9.17, 15) is 23.1 Å². The van der Waals surface area contributed by atoms with Crippen molar-refractivity contribution in [2.45, 2.75) is 46.0 Å². The van der Waals surface area contributed by atoms with Crippen LogP contribution >= 0.6 is 11.6 Å². The smallest absolute Gasteiger partial charge is 0.416 e. The van der Waals surface area contributed by atoms with Gasteiger partial charge in [0.05, 0.1) is 25.2 Å². The highest BCUT2D eigenvalue weighted by Crippen LogP contribution is 2.37. The lowest BCUT2D eigenvalue weighted by molar-refractivity contribution is -0.202. The molecule has 0 saturated carbocycles. The molecule has 0 aliphatic carbocycles. The number of aliphatic hydroxyl groups excluding tert-OH is 1. The molecule has 3 rings (SSSR count). The Labute approximate surface area is 219 Å². The third kappa shape index (κ3) is 8.04. The van der Waals surface area contributed by atoms with Crippen LogP contribution in [0.25, 0.3) is 11.1 Å². The van der Waals surface area contributed by atoms with Crippen molar-refractivity contribution in [3.8, 4) is 11.1 Å². The van der Waals surface area contributed by atoms with Crippen molar-refractivity contribution in [1.82, 2.24) is 4.90 Å². The summed E-state index contributed by atoms with van der Waals surface area (Å²) in [6, 6.07) is 17.6. The number of alkyl halides is 3. The Bertz CT molecular complexity index is 1190. The number of rotatable bonds is 11. The van der Waals surface area contributed by atoms with Gasteiger partial charge < -0.3 is 14.6 Å². The Morgan fingerprint density at radius 2 is 1.73 bits per heavy atom.